The van der Waals surface area contributed by atoms with E-state index in [-0.39, 0.29) is 23.5 Å². The second-order valence-corrected chi connectivity index (χ2v) is 6.33. The predicted octanol–water partition coefficient (Wildman–Crippen LogP) is 0.105. The summed E-state index contributed by atoms with van der Waals surface area (Å²) in [5.41, 5.74) is 0. The second kappa shape index (κ2) is 5.63. The summed E-state index contributed by atoms with van der Waals surface area (Å²) in [5.74, 6) is 0.0613. The van der Waals surface area contributed by atoms with Crippen molar-refractivity contribution in [2.45, 2.75) is 38.3 Å². The molecule has 0 spiro atoms. The van der Waals surface area contributed by atoms with Gasteiger partial charge in [0.15, 0.2) is 9.84 Å². The smallest absolute Gasteiger partial charge is 0.322 e. The molecule has 1 aliphatic heterocycles. The Morgan fingerprint density at radius 2 is 2.25 bits per heavy atom. The third kappa shape index (κ3) is 3.75. The van der Waals surface area contributed by atoms with Crippen LogP contribution in [0.2, 0.25) is 0 Å². The van der Waals surface area contributed by atoms with Gasteiger partial charge in [0.25, 0.3) is 0 Å². The van der Waals surface area contributed by atoms with Crippen molar-refractivity contribution in [3.8, 4) is 0 Å². The molecule has 1 heterocycles. The molecule has 1 fully saturated rings. The molecule has 0 aromatic rings. The summed E-state index contributed by atoms with van der Waals surface area (Å²) in [7, 11) is -1.60. The molecule has 16 heavy (non-hydrogen) atoms. The molecular formula is C10H19NO4S. The summed E-state index contributed by atoms with van der Waals surface area (Å²) < 4.78 is 27.5. The third-order valence-electron chi connectivity index (χ3n) is 2.79. The number of rotatable bonds is 4. The fourth-order valence-corrected chi connectivity index (χ4v) is 3.58. The average molecular weight is 249 g/mol. The summed E-state index contributed by atoms with van der Waals surface area (Å²) in [6.45, 7) is 1.87. The number of ether oxygens (including phenoxy) is 1. The van der Waals surface area contributed by atoms with E-state index in [1.54, 1.807) is 0 Å². The first-order chi connectivity index (χ1) is 7.48. The van der Waals surface area contributed by atoms with Crippen LogP contribution in [0, 0.1) is 0 Å². The van der Waals surface area contributed by atoms with Crippen molar-refractivity contribution in [3.05, 3.63) is 0 Å². The summed E-state index contributed by atoms with van der Waals surface area (Å²) in [6.07, 6.45) is 2.06. The normalized spacial score (nSPS) is 26.0. The van der Waals surface area contributed by atoms with Crippen LogP contribution in [0.1, 0.15) is 26.2 Å². The highest BCUT2D eigenvalue weighted by Crippen LogP contribution is 2.13. The van der Waals surface area contributed by atoms with E-state index in [1.165, 1.54) is 7.11 Å². The van der Waals surface area contributed by atoms with E-state index in [2.05, 4.69) is 10.1 Å². The van der Waals surface area contributed by atoms with Crippen LogP contribution < -0.4 is 5.32 Å². The van der Waals surface area contributed by atoms with E-state index >= 15 is 0 Å². The molecule has 0 amide bonds. The van der Waals surface area contributed by atoms with E-state index in [4.69, 9.17) is 0 Å². The van der Waals surface area contributed by atoms with Crippen molar-refractivity contribution in [2.24, 2.45) is 0 Å². The molecule has 1 aliphatic rings. The fourth-order valence-electron chi connectivity index (χ4n) is 1.93. The SMILES string of the molecule is CCC(NC1CCCS(=O)(=O)C1)C(=O)OC. The Hall–Kier alpha value is -0.620. The zero-order valence-corrected chi connectivity index (χ0v) is 10.5. The van der Waals surface area contributed by atoms with Gasteiger partial charge in [0.2, 0.25) is 0 Å². The molecule has 0 bridgehead atoms. The molecule has 0 saturated carbocycles. The molecule has 1 saturated heterocycles. The van der Waals surface area contributed by atoms with E-state index in [1.807, 2.05) is 6.92 Å². The monoisotopic (exact) mass is 249 g/mol. The number of hydrogen-bond donors (Lipinski definition) is 1. The highest BCUT2D eigenvalue weighted by molar-refractivity contribution is 7.91. The summed E-state index contributed by atoms with van der Waals surface area (Å²) >= 11 is 0. The minimum atomic E-state index is -2.93. The van der Waals surface area contributed by atoms with Crippen molar-refractivity contribution >= 4 is 15.8 Å². The first kappa shape index (κ1) is 13.4. The van der Waals surface area contributed by atoms with Crippen LogP contribution in [-0.4, -0.2) is 45.1 Å². The Bertz CT molecular complexity index is 339. The number of carbonyl (C=O) groups is 1. The third-order valence-corrected chi connectivity index (χ3v) is 4.61. The number of nitrogens with one attached hydrogen (secondary N) is 1. The molecule has 0 aromatic heterocycles. The molecule has 1 N–H and O–H groups in total. The predicted molar refractivity (Wildman–Crippen MR) is 60.9 cm³/mol. The minimum Gasteiger partial charge on any atom is -0.468 e. The van der Waals surface area contributed by atoms with Gasteiger partial charge in [0.05, 0.1) is 18.6 Å². The lowest BCUT2D eigenvalue weighted by Crippen LogP contribution is -2.48. The molecular weight excluding hydrogens is 230 g/mol. The largest absolute Gasteiger partial charge is 0.468 e. The van der Waals surface area contributed by atoms with Crippen LogP contribution in [-0.2, 0) is 19.4 Å². The number of esters is 1. The van der Waals surface area contributed by atoms with Gasteiger partial charge < -0.3 is 10.1 Å². The molecule has 2 unspecified atom stereocenters. The first-order valence-corrected chi connectivity index (χ1v) is 7.35. The Kier molecular flexibility index (Phi) is 4.73. The average Bonchev–Trinajstić information content (AvgIpc) is 2.23. The zero-order valence-electron chi connectivity index (χ0n) is 9.73. The van der Waals surface area contributed by atoms with Gasteiger partial charge in [0.1, 0.15) is 6.04 Å². The van der Waals surface area contributed by atoms with Crippen LogP contribution in [0.15, 0.2) is 0 Å². The zero-order chi connectivity index (χ0) is 12.2. The summed E-state index contributed by atoms with van der Waals surface area (Å²) in [6, 6.07) is -0.522. The maximum Gasteiger partial charge on any atom is 0.322 e. The van der Waals surface area contributed by atoms with Crippen LogP contribution in [0.3, 0.4) is 0 Å². The Balaban J connectivity index is 2.55. The van der Waals surface area contributed by atoms with Crippen LogP contribution in [0.5, 0.6) is 0 Å². The molecule has 1 rings (SSSR count). The van der Waals surface area contributed by atoms with E-state index in [0.717, 1.165) is 6.42 Å². The van der Waals surface area contributed by atoms with Gasteiger partial charge in [-0.1, -0.05) is 6.92 Å². The van der Waals surface area contributed by atoms with Crippen molar-refractivity contribution in [3.63, 3.8) is 0 Å². The van der Waals surface area contributed by atoms with Gasteiger partial charge in [-0.2, -0.15) is 0 Å². The number of sulfone groups is 1. The lowest BCUT2D eigenvalue weighted by Gasteiger charge is -2.26. The van der Waals surface area contributed by atoms with E-state index < -0.39 is 15.9 Å². The Labute approximate surface area is 96.5 Å². The molecule has 0 aromatic carbocycles. The lowest BCUT2D eigenvalue weighted by atomic mass is 10.1. The molecule has 5 nitrogen and oxygen atoms in total. The molecule has 0 radical (unpaired) electrons. The highest BCUT2D eigenvalue weighted by atomic mass is 32.2. The van der Waals surface area contributed by atoms with E-state index in [0.29, 0.717) is 12.8 Å². The van der Waals surface area contributed by atoms with Crippen molar-refractivity contribution in [2.75, 3.05) is 18.6 Å². The second-order valence-electron chi connectivity index (χ2n) is 4.10. The van der Waals surface area contributed by atoms with Gasteiger partial charge >= 0.3 is 5.97 Å². The minimum absolute atomic E-state index is 0.122. The summed E-state index contributed by atoms with van der Waals surface area (Å²) in [4.78, 5) is 11.3. The van der Waals surface area contributed by atoms with Crippen molar-refractivity contribution < 1.29 is 17.9 Å². The Morgan fingerprint density at radius 1 is 1.56 bits per heavy atom. The molecule has 2 atom stereocenters. The standard InChI is InChI=1S/C10H19NO4S/c1-3-9(10(12)15-2)11-8-5-4-6-16(13,14)7-8/h8-9,11H,3-7H2,1-2H3. The maximum atomic E-state index is 11.4. The topological polar surface area (TPSA) is 72.5 Å². The fraction of sp³-hybridized carbons (Fsp3) is 0.900. The molecule has 6 heteroatoms. The van der Waals surface area contributed by atoms with Crippen LogP contribution in [0.25, 0.3) is 0 Å². The van der Waals surface area contributed by atoms with E-state index in [9.17, 15) is 13.2 Å². The maximum absolute atomic E-state index is 11.4. The van der Waals surface area contributed by atoms with Gasteiger partial charge in [0, 0.05) is 6.04 Å². The lowest BCUT2D eigenvalue weighted by molar-refractivity contribution is -0.143. The quantitative estimate of drug-likeness (QED) is 0.716. The van der Waals surface area contributed by atoms with Gasteiger partial charge in [-0.3, -0.25) is 4.79 Å². The highest BCUT2D eigenvalue weighted by Gasteiger charge is 2.28. The number of hydrogen-bond acceptors (Lipinski definition) is 5. The number of carbonyl (C=O) groups excluding carboxylic acids is 1. The molecule has 0 aliphatic carbocycles. The first-order valence-electron chi connectivity index (χ1n) is 5.53. The van der Waals surface area contributed by atoms with Gasteiger partial charge in [-0.25, -0.2) is 8.42 Å². The number of methoxy groups -OCH3 is 1. The van der Waals surface area contributed by atoms with Gasteiger partial charge in [-0.05, 0) is 19.3 Å². The van der Waals surface area contributed by atoms with Crippen LogP contribution >= 0.6 is 0 Å². The van der Waals surface area contributed by atoms with Crippen molar-refractivity contribution in [1.29, 1.82) is 0 Å². The Morgan fingerprint density at radius 3 is 2.75 bits per heavy atom. The van der Waals surface area contributed by atoms with Crippen molar-refractivity contribution in [1.82, 2.24) is 5.32 Å². The van der Waals surface area contributed by atoms with Crippen LogP contribution in [0.4, 0.5) is 0 Å². The summed E-state index contributed by atoms with van der Waals surface area (Å²) in [5, 5.41) is 3.06. The van der Waals surface area contributed by atoms with Gasteiger partial charge in [-0.15, -0.1) is 0 Å². The molecule has 94 valence electrons.